The fourth-order valence-electron chi connectivity index (χ4n) is 4.73. The summed E-state index contributed by atoms with van der Waals surface area (Å²) in [5.74, 6) is 0.151. The van der Waals surface area contributed by atoms with Gasteiger partial charge in [-0.3, -0.25) is 14.7 Å². The van der Waals surface area contributed by atoms with Gasteiger partial charge in [-0.2, -0.15) is 0 Å². The number of hydrogen-bond donors (Lipinski definition) is 1. The molecule has 0 bridgehead atoms. The monoisotopic (exact) mass is 329 g/mol. The summed E-state index contributed by atoms with van der Waals surface area (Å²) in [4.78, 5) is 20.0. The molecule has 2 atom stereocenters. The lowest BCUT2D eigenvalue weighted by Gasteiger charge is -2.44. The molecule has 4 rings (SSSR count). The normalized spacial score (nSPS) is 31.1. The van der Waals surface area contributed by atoms with Crippen LogP contribution >= 0.6 is 0 Å². The molecule has 24 heavy (non-hydrogen) atoms. The van der Waals surface area contributed by atoms with Gasteiger partial charge in [-0.05, 0) is 37.8 Å². The Morgan fingerprint density at radius 1 is 1.33 bits per heavy atom. The predicted octanol–water partition coefficient (Wildman–Crippen LogP) is 2.12. The highest BCUT2D eigenvalue weighted by Gasteiger charge is 2.53. The number of nitrogens with zero attached hydrogens (tertiary/aromatic N) is 2. The summed E-state index contributed by atoms with van der Waals surface area (Å²) in [7, 11) is 0. The van der Waals surface area contributed by atoms with Crippen LogP contribution in [0.25, 0.3) is 0 Å². The van der Waals surface area contributed by atoms with Gasteiger partial charge in [0.2, 0.25) is 5.91 Å². The third-order valence-corrected chi connectivity index (χ3v) is 6.10. The Morgan fingerprint density at radius 3 is 3.00 bits per heavy atom. The maximum absolute atomic E-state index is 13.1. The van der Waals surface area contributed by atoms with Gasteiger partial charge >= 0.3 is 0 Å². The average Bonchev–Trinajstić information content (AvgIpc) is 3.29. The lowest BCUT2D eigenvalue weighted by molar-refractivity contribution is -0.140. The molecule has 1 amide bonds. The van der Waals surface area contributed by atoms with E-state index in [2.05, 4.69) is 15.2 Å². The Hall–Kier alpha value is -1.46. The van der Waals surface area contributed by atoms with Crippen molar-refractivity contribution >= 4 is 5.91 Å². The zero-order valence-corrected chi connectivity index (χ0v) is 14.2. The van der Waals surface area contributed by atoms with Crippen LogP contribution in [-0.4, -0.2) is 47.6 Å². The van der Waals surface area contributed by atoms with E-state index in [1.807, 2.05) is 18.2 Å². The highest BCUT2D eigenvalue weighted by atomic mass is 16.5. The molecule has 1 saturated carbocycles. The van der Waals surface area contributed by atoms with E-state index >= 15 is 0 Å². The molecule has 0 aromatic carbocycles. The number of carbonyl (C=O) groups excluding carboxylic acids is 1. The van der Waals surface area contributed by atoms with Crippen LogP contribution in [0.15, 0.2) is 24.4 Å². The molecular weight excluding hydrogens is 302 g/mol. The molecule has 0 unspecified atom stereocenters. The molecule has 1 aliphatic carbocycles. The number of rotatable bonds is 4. The third kappa shape index (κ3) is 2.95. The SMILES string of the molecule is O=C(NCc1ccccn1)[C@]12CCO[C@H]1CCN(C1CCCC1)C2. The van der Waals surface area contributed by atoms with Crippen molar-refractivity contribution in [1.82, 2.24) is 15.2 Å². The van der Waals surface area contributed by atoms with Crippen LogP contribution < -0.4 is 5.32 Å². The van der Waals surface area contributed by atoms with Crippen molar-refractivity contribution in [2.45, 2.75) is 57.2 Å². The van der Waals surface area contributed by atoms with Crippen molar-refractivity contribution in [1.29, 1.82) is 0 Å². The maximum Gasteiger partial charge on any atom is 0.230 e. The van der Waals surface area contributed by atoms with Crippen molar-refractivity contribution in [2.24, 2.45) is 5.41 Å². The first-order chi connectivity index (χ1) is 11.8. The smallest absolute Gasteiger partial charge is 0.230 e. The van der Waals surface area contributed by atoms with Crippen molar-refractivity contribution in [3.63, 3.8) is 0 Å². The highest BCUT2D eigenvalue weighted by molar-refractivity contribution is 5.84. The van der Waals surface area contributed by atoms with Gasteiger partial charge < -0.3 is 10.1 Å². The molecule has 5 heteroatoms. The first-order valence-electron chi connectivity index (χ1n) is 9.32. The van der Waals surface area contributed by atoms with Crippen LogP contribution in [0.5, 0.6) is 0 Å². The van der Waals surface area contributed by atoms with Crippen molar-refractivity contribution in [3.05, 3.63) is 30.1 Å². The van der Waals surface area contributed by atoms with Crippen molar-refractivity contribution in [2.75, 3.05) is 19.7 Å². The summed E-state index contributed by atoms with van der Waals surface area (Å²) in [6, 6.07) is 6.47. The quantitative estimate of drug-likeness (QED) is 0.919. The van der Waals surface area contributed by atoms with E-state index in [-0.39, 0.29) is 17.4 Å². The average molecular weight is 329 g/mol. The summed E-state index contributed by atoms with van der Waals surface area (Å²) >= 11 is 0. The summed E-state index contributed by atoms with van der Waals surface area (Å²) in [6.45, 7) is 3.14. The number of pyridine rings is 1. The van der Waals surface area contributed by atoms with Crippen LogP contribution in [0.3, 0.4) is 0 Å². The second kappa shape index (κ2) is 6.81. The Balaban J connectivity index is 1.46. The first-order valence-corrected chi connectivity index (χ1v) is 9.32. The molecule has 3 fully saturated rings. The summed E-state index contributed by atoms with van der Waals surface area (Å²) in [6.07, 6.45) is 8.92. The van der Waals surface area contributed by atoms with Crippen LogP contribution in [0, 0.1) is 5.41 Å². The number of piperidine rings is 1. The Kier molecular flexibility index (Phi) is 4.55. The van der Waals surface area contributed by atoms with Gasteiger partial charge in [-0.25, -0.2) is 0 Å². The zero-order chi connectivity index (χ0) is 16.4. The minimum Gasteiger partial charge on any atom is -0.377 e. The Labute approximate surface area is 143 Å². The van der Waals surface area contributed by atoms with Crippen LogP contribution in [0.1, 0.15) is 44.2 Å². The van der Waals surface area contributed by atoms with Gasteiger partial charge in [0.05, 0.1) is 23.8 Å². The third-order valence-electron chi connectivity index (χ3n) is 6.10. The fourth-order valence-corrected chi connectivity index (χ4v) is 4.73. The number of carbonyl (C=O) groups is 1. The molecule has 2 aliphatic heterocycles. The van der Waals surface area contributed by atoms with Gasteiger partial charge in [0, 0.05) is 31.9 Å². The minimum atomic E-state index is -0.365. The number of hydrogen-bond acceptors (Lipinski definition) is 4. The molecule has 5 nitrogen and oxygen atoms in total. The number of nitrogens with one attached hydrogen (secondary N) is 1. The van der Waals surface area contributed by atoms with E-state index in [0.717, 1.165) is 31.6 Å². The fraction of sp³-hybridized carbons (Fsp3) is 0.684. The molecule has 130 valence electrons. The van der Waals surface area contributed by atoms with Gasteiger partial charge in [-0.1, -0.05) is 18.9 Å². The van der Waals surface area contributed by atoms with Crippen LogP contribution in [0.2, 0.25) is 0 Å². The van der Waals surface area contributed by atoms with E-state index in [1.54, 1.807) is 6.20 Å². The highest BCUT2D eigenvalue weighted by Crippen LogP contribution is 2.43. The second-order valence-corrected chi connectivity index (χ2v) is 7.47. The van der Waals surface area contributed by atoms with Gasteiger partial charge in [-0.15, -0.1) is 0 Å². The largest absolute Gasteiger partial charge is 0.377 e. The summed E-state index contributed by atoms with van der Waals surface area (Å²) < 4.78 is 5.94. The van der Waals surface area contributed by atoms with Gasteiger partial charge in [0.25, 0.3) is 0 Å². The molecular formula is C19H27N3O2. The second-order valence-electron chi connectivity index (χ2n) is 7.47. The van der Waals surface area contributed by atoms with E-state index in [1.165, 1.54) is 25.7 Å². The molecule has 1 aromatic heterocycles. The maximum atomic E-state index is 13.1. The Bertz CT molecular complexity index is 573. The summed E-state index contributed by atoms with van der Waals surface area (Å²) in [5.41, 5.74) is 0.538. The topological polar surface area (TPSA) is 54.5 Å². The van der Waals surface area contributed by atoms with E-state index in [9.17, 15) is 4.79 Å². The number of likely N-dealkylation sites (tertiary alicyclic amines) is 1. The molecule has 1 N–H and O–H groups in total. The first kappa shape index (κ1) is 16.0. The lowest BCUT2D eigenvalue weighted by Crippen LogP contribution is -2.58. The molecule has 0 radical (unpaired) electrons. The van der Waals surface area contributed by atoms with Crippen molar-refractivity contribution in [3.8, 4) is 0 Å². The molecule has 0 spiro atoms. The van der Waals surface area contributed by atoms with E-state index in [4.69, 9.17) is 4.74 Å². The van der Waals surface area contributed by atoms with Gasteiger partial charge in [0.15, 0.2) is 0 Å². The number of aromatic nitrogens is 1. The molecule has 3 heterocycles. The zero-order valence-electron chi connectivity index (χ0n) is 14.2. The number of ether oxygens (including phenoxy) is 1. The number of amides is 1. The standard InChI is InChI=1S/C19H27N3O2/c23-18(21-13-15-5-3-4-10-20-15)19-9-12-24-17(19)8-11-22(14-19)16-6-1-2-7-16/h3-5,10,16-17H,1-2,6-9,11-14H2,(H,21,23)/t17-,19-/m0/s1. The molecule has 2 saturated heterocycles. The van der Waals surface area contributed by atoms with E-state index < -0.39 is 0 Å². The van der Waals surface area contributed by atoms with Gasteiger partial charge in [0.1, 0.15) is 0 Å². The molecule has 1 aromatic rings. The van der Waals surface area contributed by atoms with Crippen LogP contribution in [-0.2, 0) is 16.1 Å². The minimum absolute atomic E-state index is 0.0823. The summed E-state index contributed by atoms with van der Waals surface area (Å²) in [5, 5.41) is 3.13. The molecule has 3 aliphatic rings. The van der Waals surface area contributed by atoms with E-state index in [0.29, 0.717) is 19.2 Å². The Morgan fingerprint density at radius 2 is 2.21 bits per heavy atom. The lowest BCUT2D eigenvalue weighted by atomic mass is 9.75. The van der Waals surface area contributed by atoms with Crippen LogP contribution in [0.4, 0.5) is 0 Å². The number of fused-ring (bicyclic) bond motifs is 1. The van der Waals surface area contributed by atoms with Crippen molar-refractivity contribution < 1.29 is 9.53 Å². The predicted molar refractivity (Wildman–Crippen MR) is 91.3 cm³/mol.